The van der Waals surface area contributed by atoms with Gasteiger partial charge in [0.05, 0.1) is 11.9 Å². The van der Waals surface area contributed by atoms with E-state index in [0.717, 1.165) is 0 Å². The van der Waals surface area contributed by atoms with Crippen molar-refractivity contribution in [3.05, 3.63) is 34.4 Å². The molecule has 1 aromatic rings. The summed E-state index contributed by atoms with van der Waals surface area (Å²) in [5, 5.41) is 20.5. The first-order chi connectivity index (χ1) is 7.29. The van der Waals surface area contributed by atoms with Gasteiger partial charge in [-0.3, -0.25) is 0 Å². The molecule has 4 nitrogen and oxygen atoms in total. The van der Waals surface area contributed by atoms with Gasteiger partial charge in [-0.1, -0.05) is 0 Å². The van der Waals surface area contributed by atoms with Gasteiger partial charge in [0.25, 0.3) is 0 Å². The largest absolute Gasteiger partial charge is 1.00 e. The fraction of sp³-hybridized carbons (Fsp3) is 0. The number of halogens is 4. The van der Waals surface area contributed by atoms with Gasteiger partial charge in [0.15, 0.2) is 23.3 Å². The summed E-state index contributed by atoms with van der Waals surface area (Å²) in [6.45, 7) is 0. The Morgan fingerprint density at radius 1 is 0.667 bits per heavy atom. The minimum absolute atomic E-state index is 0. The van der Waals surface area contributed by atoms with Gasteiger partial charge in [-0.25, -0.2) is 17.6 Å². The van der Waals surface area contributed by atoms with Crippen LogP contribution in [0.1, 0.15) is 20.7 Å². The Kier molecular flexibility index (Phi) is 7.74. The van der Waals surface area contributed by atoms with E-state index in [0.29, 0.717) is 0 Å². The second kappa shape index (κ2) is 7.07. The molecule has 0 heterocycles. The van der Waals surface area contributed by atoms with E-state index in [1.807, 2.05) is 0 Å². The van der Waals surface area contributed by atoms with Gasteiger partial charge in [0.2, 0.25) is 0 Å². The molecule has 0 bridgehead atoms. The number of hydrogen-bond donors (Lipinski definition) is 0. The SMILES string of the molecule is O=C([O-])c1c(F)c(F)c(F)c(F)c1C(=O)[O-].[Ag+].[Ag+]. The third-order valence-electron chi connectivity index (χ3n) is 1.68. The van der Waals surface area contributed by atoms with Gasteiger partial charge in [0, 0.05) is 11.1 Å². The molecule has 0 radical (unpaired) electrons. The van der Waals surface area contributed by atoms with Crippen molar-refractivity contribution in [2.24, 2.45) is 0 Å². The van der Waals surface area contributed by atoms with Crippen LogP contribution < -0.4 is 10.2 Å². The molecule has 0 saturated carbocycles. The summed E-state index contributed by atoms with van der Waals surface area (Å²) >= 11 is 0. The summed E-state index contributed by atoms with van der Waals surface area (Å²) in [7, 11) is 0. The monoisotopic (exact) mass is 450 g/mol. The van der Waals surface area contributed by atoms with E-state index in [-0.39, 0.29) is 44.8 Å². The van der Waals surface area contributed by atoms with Gasteiger partial charge in [-0.05, 0) is 0 Å². The molecule has 0 aliphatic heterocycles. The third-order valence-corrected chi connectivity index (χ3v) is 1.68. The number of aromatic carboxylic acids is 2. The van der Waals surface area contributed by atoms with Crippen molar-refractivity contribution in [3.63, 3.8) is 0 Å². The van der Waals surface area contributed by atoms with E-state index in [1.165, 1.54) is 0 Å². The number of carbonyl (C=O) groups is 2. The zero-order valence-electron chi connectivity index (χ0n) is 7.75. The van der Waals surface area contributed by atoms with E-state index >= 15 is 0 Å². The number of carboxylic acids is 2. The fourth-order valence-electron chi connectivity index (χ4n) is 1.02. The number of carbonyl (C=O) groups excluding carboxylic acids is 2. The van der Waals surface area contributed by atoms with E-state index in [4.69, 9.17) is 0 Å². The molecule has 18 heavy (non-hydrogen) atoms. The molecule has 0 fully saturated rings. The third kappa shape index (κ3) is 3.22. The van der Waals surface area contributed by atoms with Crippen LogP contribution >= 0.6 is 0 Å². The van der Waals surface area contributed by atoms with Crippen LogP contribution in [0.25, 0.3) is 0 Å². The summed E-state index contributed by atoms with van der Waals surface area (Å²) in [4.78, 5) is 20.5. The molecule has 1 rings (SSSR count). The van der Waals surface area contributed by atoms with Crippen LogP contribution in [0.4, 0.5) is 17.6 Å². The summed E-state index contributed by atoms with van der Waals surface area (Å²) in [5.41, 5.74) is -3.87. The summed E-state index contributed by atoms with van der Waals surface area (Å²) in [6, 6.07) is 0. The standard InChI is InChI=1S/C8H2F4O4.2Ag/c9-3-1(7(13)14)2(8(15)16)4(10)6(12)5(3)11;;/h(H,13,14)(H,15,16);;/q;2*+1/p-2. The van der Waals surface area contributed by atoms with Crippen LogP contribution in [0.2, 0.25) is 0 Å². The average molecular weight is 452 g/mol. The second-order valence-corrected chi connectivity index (χ2v) is 2.58. The Balaban J connectivity index is 0. The quantitative estimate of drug-likeness (QED) is 0.249. The smallest absolute Gasteiger partial charge is 0.545 e. The first-order valence-corrected chi connectivity index (χ1v) is 3.57. The average Bonchev–Trinajstić information content (AvgIpc) is 2.18. The van der Waals surface area contributed by atoms with Crippen molar-refractivity contribution < 1.29 is 82.1 Å². The summed E-state index contributed by atoms with van der Waals surface area (Å²) < 4.78 is 50.8. The topological polar surface area (TPSA) is 80.3 Å². The molecule has 0 atom stereocenters. The molecule has 0 N–H and O–H groups in total. The van der Waals surface area contributed by atoms with Gasteiger partial charge in [-0.2, -0.15) is 0 Å². The zero-order valence-corrected chi connectivity index (χ0v) is 10.7. The molecule has 0 aliphatic rings. The van der Waals surface area contributed by atoms with Gasteiger partial charge in [0.1, 0.15) is 0 Å². The van der Waals surface area contributed by atoms with Crippen molar-refractivity contribution in [2.45, 2.75) is 0 Å². The van der Waals surface area contributed by atoms with E-state index in [9.17, 15) is 37.4 Å². The molecule has 0 aliphatic carbocycles. The summed E-state index contributed by atoms with van der Waals surface area (Å²) in [5.74, 6) is -14.6. The fourth-order valence-corrected chi connectivity index (χ4v) is 1.02. The Morgan fingerprint density at radius 3 is 1.06 bits per heavy atom. The molecule has 0 amide bonds. The van der Waals surface area contributed by atoms with E-state index in [1.54, 1.807) is 0 Å². The number of carboxylic acid groups (broad SMARTS) is 2. The van der Waals surface area contributed by atoms with Crippen molar-refractivity contribution in [2.75, 3.05) is 0 Å². The maximum absolute atomic E-state index is 12.8. The van der Waals surface area contributed by atoms with Crippen LogP contribution in [-0.2, 0) is 44.8 Å². The number of benzene rings is 1. The Labute approximate surface area is 128 Å². The van der Waals surface area contributed by atoms with Crippen LogP contribution in [0.3, 0.4) is 0 Å². The van der Waals surface area contributed by atoms with Crippen molar-refractivity contribution in [1.29, 1.82) is 0 Å². The minimum atomic E-state index is -2.51. The van der Waals surface area contributed by atoms with Crippen molar-refractivity contribution in [1.82, 2.24) is 0 Å². The molecule has 0 spiro atoms. The van der Waals surface area contributed by atoms with E-state index in [2.05, 4.69) is 0 Å². The Hall–Kier alpha value is -0.639. The Bertz CT molecular complexity index is 462. The molecule has 0 saturated heterocycles. The Morgan fingerprint density at radius 2 is 0.889 bits per heavy atom. The predicted molar refractivity (Wildman–Crippen MR) is 34.9 cm³/mol. The minimum Gasteiger partial charge on any atom is -0.545 e. The van der Waals surface area contributed by atoms with E-state index < -0.39 is 46.3 Å². The maximum atomic E-state index is 12.8. The van der Waals surface area contributed by atoms with Gasteiger partial charge >= 0.3 is 44.8 Å². The second-order valence-electron chi connectivity index (χ2n) is 2.58. The van der Waals surface area contributed by atoms with Crippen LogP contribution in [0.5, 0.6) is 0 Å². The normalized spacial score (nSPS) is 9.11. The van der Waals surface area contributed by atoms with Crippen molar-refractivity contribution >= 4 is 11.9 Å². The van der Waals surface area contributed by atoms with Crippen LogP contribution in [0.15, 0.2) is 0 Å². The van der Waals surface area contributed by atoms with Crippen molar-refractivity contribution in [3.8, 4) is 0 Å². The van der Waals surface area contributed by atoms with Crippen LogP contribution in [0, 0.1) is 23.3 Å². The molecule has 1 aromatic carbocycles. The first-order valence-electron chi connectivity index (χ1n) is 3.57. The predicted octanol–water partition coefficient (Wildman–Crippen LogP) is -1.03. The summed E-state index contributed by atoms with van der Waals surface area (Å²) in [6.07, 6.45) is 0. The number of rotatable bonds is 2. The molecule has 0 aromatic heterocycles. The van der Waals surface area contributed by atoms with Gasteiger partial charge in [-0.15, -0.1) is 0 Å². The molecule has 0 unspecified atom stereocenters. The van der Waals surface area contributed by atoms with Crippen LogP contribution in [-0.4, -0.2) is 11.9 Å². The zero-order chi connectivity index (χ0) is 12.6. The number of hydrogen-bond acceptors (Lipinski definition) is 4. The van der Waals surface area contributed by atoms with Gasteiger partial charge < -0.3 is 19.8 Å². The molecular formula is C8Ag2F4O4. The molecular weight excluding hydrogens is 452 g/mol. The molecule has 10 heteroatoms. The molecule has 106 valence electrons. The maximum Gasteiger partial charge on any atom is 1.00 e. The first kappa shape index (κ1) is 19.7.